The van der Waals surface area contributed by atoms with Gasteiger partial charge in [-0.3, -0.25) is 15.0 Å². The molecule has 0 aliphatic heterocycles. The Morgan fingerprint density at radius 1 is 0.931 bits per heavy atom. The molecule has 0 aliphatic rings. The van der Waals surface area contributed by atoms with Crippen LogP contribution in [0.2, 0.25) is 5.02 Å². The number of hydrogen-bond acceptors (Lipinski definition) is 3. The van der Waals surface area contributed by atoms with E-state index in [4.69, 9.17) is 16.0 Å². The van der Waals surface area contributed by atoms with E-state index in [0.29, 0.717) is 16.3 Å². The smallest absolute Gasteiger partial charge is 0.305 e. The molecular formula is C23H23ClN2O3. The van der Waals surface area contributed by atoms with Crippen molar-refractivity contribution in [2.24, 2.45) is 0 Å². The van der Waals surface area contributed by atoms with Crippen LogP contribution in [-0.2, 0) is 0 Å². The number of nitrogens with one attached hydrogen (secondary N) is 1. The van der Waals surface area contributed by atoms with Crippen molar-refractivity contribution >= 4 is 23.4 Å². The summed E-state index contributed by atoms with van der Waals surface area (Å²) < 4.78 is 5.69. The van der Waals surface area contributed by atoms with Crippen LogP contribution >= 0.6 is 11.6 Å². The molecule has 1 aromatic heterocycles. The zero-order valence-electron chi connectivity index (χ0n) is 16.8. The second-order valence-corrected chi connectivity index (χ2v) is 8.23. The Morgan fingerprint density at radius 3 is 2.14 bits per heavy atom. The number of carbonyl (C=O) groups excluding carboxylic acids is 2. The minimum Gasteiger partial charge on any atom is -0.451 e. The highest BCUT2D eigenvalue weighted by atomic mass is 35.5. The number of rotatable bonds is 3. The summed E-state index contributed by atoms with van der Waals surface area (Å²) in [5.41, 5.74) is 4.40. The van der Waals surface area contributed by atoms with E-state index >= 15 is 0 Å². The van der Waals surface area contributed by atoms with Gasteiger partial charge in [0.15, 0.2) is 5.76 Å². The highest BCUT2D eigenvalue weighted by Gasteiger charge is 2.30. The highest BCUT2D eigenvalue weighted by Crippen LogP contribution is 2.24. The molecule has 0 bridgehead atoms. The molecule has 0 saturated carbocycles. The Labute approximate surface area is 175 Å². The van der Waals surface area contributed by atoms with Crippen LogP contribution in [0.15, 0.2) is 65.1 Å². The summed E-state index contributed by atoms with van der Waals surface area (Å²) in [5, 5.41) is 1.94. The van der Waals surface area contributed by atoms with Crippen LogP contribution in [0.3, 0.4) is 0 Å². The molecule has 0 unspecified atom stereocenters. The van der Waals surface area contributed by atoms with Crippen LogP contribution in [0.25, 0.3) is 11.3 Å². The Bertz CT molecular complexity index is 1020. The molecule has 6 heteroatoms. The van der Waals surface area contributed by atoms with Crippen molar-refractivity contribution in [2.75, 3.05) is 0 Å². The van der Waals surface area contributed by atoms with Crippen molar-refractivity contribution in [3.8, 4) is 11.3 Å². The van der Waals surface area contributed by atoms with Gasteiger partial charge in [-0.15, -0.1) is 0 Å². The van der Waals surface area contributed by atoms with E-state index in [0.717, 1.165) is 11.1 Å². The number of nitrogens with zero attached hydrogens (tertiary/aromatic N) is 1. The molecule has 150 valence electrons. The lowest BCUT2D eigenvalue weighted by atomic mass is 10.1. The Morgan fingerprint density at radius 2 is 1.55 bits per heavy atom. The van der Waals surface area contributed by atoms with Gasteiger partial charge in [-0.2, -0.15) is 0 Å². The first-order valence-corrected chi connectivity index (χ1v) is 9.61. The molecule has 0 saturated heterocycles. The normalized spacial score (nSPS) is 11.2. The summed E-state index contributed by atoms with van der Waals surface area (Å²) in [5.74, 6) is -0.143. The second-order valence-electron chi connectivity index (χ2n) is 7.79. The van der Waals surface area contributed by atoms with Gasteiger partial charge in [-0.05, 0) is 76.2 Å². The third kappa shape index (κ3) is 4.87. The zero-order valence-corrected chi connectivity index (χ0v) is 17.6. The molecule has 29 heavy (non-hydrogen) atoms. The number of carbonyl (C=O) groups is 2. The second kappa shape index (κ2) is 8.13. The summed E-state index contributed by atoms with van der Waals surface area (Å²) in [4.78, 5) is 25.8. The quantitative estimate of drug-likeness (QED) is 0.580. The van der Waals surface area contributed by atoms with E-state index in [-0.39, 0.29) is 11.7 Å². The maximum atomic E-state index is 13.0. The number of aryl methyl sites for hydroxylation is 1. The number of hydrogen-bond donors (Lipinski definition) is 1. The van der Waals surface area contributed by atoms with Gasteiger partial charge in [0.2, 0.25) is 0 Å². The first-order chi connectivity index (χ1) is 13.6. The fraction of sp³-hybridized carbons (Fsp3) is 0.217. The van der Waals surface area contributed by atoms with Crippen LogP contribution < -0.4 is 5.43 Å². The summed E-state index contributed by atoms with van der Waals surface area (Å²) in [7, 11) is 0. The lowest BCUT2D eigenvalue weighted by Crippen LogP contribution is -2.55. The molecule has 1 heterocycles. The largest absolute Gasteiger partial charge is 0.451 e. The van der Waals surface area contributed by atoms with Crippen molar-refractivity contribution in [3.63, 3.8) is 0 Å². The molecule has 2 aromatic carbocycles. The number of furan rings is 1. The molecule has 0 aliphatic carbocycles. The predicted molar refractivity (Wildman–Crippen MR) is 114 cm³/mol. The average Bonchev–Trinajstić information content (AvgIpc) is 3.16. The lowest BCUT2D eigenvalue weighted by Gasteiger charge is -2.35. The molecule has 0 fully saturated rings. The van der Waals surface area contributed by atoms with Gasteiger partial charge in [-0.1, -0.05) is 29.3 Å². The maximum absolute atomic E-state index is 13.0. The standard InChI is InChI=1S/C23H23ClN2O3/c1-15-5-7-17(8-6-15)22(28)26(23(2,3)4)25-21(27)20-14-13-19(29-20)16-9-11-18(24)12-10-16/h5-14H,1-4H3,(H,25,27). The molecule has 5 nitrogen and oxygen atoms in total. The Hall–Kier alpha value is -3.05. The molecule has 0 atom stereocenters. The number of hydrazine groups is 1. The van der Waals surface area contributed by atoms with E-state index in [2.05, 4.69) is 5.43 Å². The van der Waals surface area contributed by atoms with Crippen molar-refractivity contribution in [2.45, 2.75) is 33.2 Å². The molecule has 3 aromatic rings. The molecule has 0 spiro atoms. The van der Waals surface area contributed by atoms with Crippen LogP contribution in [0.1, 0.15) is 47.2 Å². The average molecular weight is 411 g/mol. The first-order valence-electron chi connectivity index (χ1n) is 9.23. The molecule has 1 N–H and O–H groups in total. The number of amides is 2. The Balaban J connectivity index is 1.81. The van der Waals surface area contributed by atoms with E-state index in [1.165, 1.54) is 5.01 Å². The van der Waals surface area contributed by atoms with Gasteiger partial charge in [-0.25, -0.2) is 5.01 Å². The van der Waals surface area contributed by atoms with Crippen molar-refractivity contribution < 1.29 is 14.0 Å². The van der Waals surface area contributed by atoms with Gasteiger partial charge in [0, 0.05) is 16.1 Å². The minimum absolute atomic E-state index is 0.112. The monoisotopic (exact) mass is 410 g/mol. The van der Waals surface area contributed by atoms with E-state index in [1.807, 2.05) is 52.0 Å². The van der Waals surface area contributed by atoms with Crippen molar-refractivity contribution in [3.05, 3.63) is 82.6 Å². The highest BCUT2D eigenvalue weighted by molar-refractivity contribution is 6.30. The van der Waals surface area contributed by atoms with Crippen LogP contribution in [-0.4, -0.2) is 22.4 Å². The zero-order chi connectivity index (χ0) is 21.2. The molecule has 2 amide bonds. The van der Waals surface area contributed by atoms with Gasteiger partial charge in [0.05, 0.1) is 5.54 Å². The third-order valence-electron chi connectivity index (χ3n) is 4.34. The Kier molecular flexibility index (Phi) is 5.80. The fourth-order valence-corrected chi connectivity index (χ4v) is 2.86. The summed E-state index contributed by atoms with van der Waals surface area (Å²) in [6.07, 6.45) is 0. The predicted octanol–water partition coefficient (Wildman–Crippen LogP) is 5.49. The summed E-state index contributed by atoms with van der Waals surface area (Å²) in [6, 6.07) is 17.6. The van der Waals surface area contributed by atoms with Gasteiger partial charge in [0.1, 0.15) is 5.76 Å². The molecule has 3 rings (SSSR count). The van der Waals surface area contributed by atoms with Gasteiger partial charge in [0.25, 0.3) is 5.91 Å². The molecule has 0 radical (unpaired) electrons. The van der Waals surface area contributed by atoms with E-state index < -0.39 is 11.4 Å². The minimum atomic E-state index is -0.636. The van der Waals surface area contributed by atoms with Crippen LogP contribution in [0, 0.1) is 6.92 Å². The maximum Gasteiger partial charge on any atom is 0.305 e. The third-order valence-corrected chi connectivity index (χ3v) is 4.60. The van der Waals surface area contributed by atoms with E-state index in [9.17, 15) is 9.59 Å². The van der Waals surface area contributed by atoms with Crippen LogP contribution in [0.5, 0.6) is 0 Å². The summed E-state index contributed by atoms with van der Waals surface area (Å²) in [6.45, 7) is 7.49. The van der Waals surface area contributed by atoms with Gasteiger partial charge >= 0.3 is 5.91 Å². The van der Waals surface area contributed by atoms with Gasteiger partial charge < -0.3 is 4.42 Å². The number of benzene rings is 2. The first kappa shape index (κ1) is 20.7. The van der Waals surface area contributed by atoms with E-state index in [1.54, 1.807) is 36.4 Å². The topological polar surface area (TPSA) is 62.6 Å². The van der Waals surface area contributed by atoms with Crippen molar-refractivity contribution in [1.82, 2.24) is 10.4 Å². The van der Waals surface area contributed by atoms with Crippen LogP contribution in [0.4, 0.5) is 0 Å². The SMILES string of the molecule is Cc1ccc(C(=O)N(NC(=O)c2ccc(-c3ccc(Cl)cc3)o2)C(C)(C)C)cc1. The summed E-state index contributed by atoms with van der Waals surface area (Å²) >= 11 is 5.91. The fourth-order valence-electron chi connectivity index (χ4n) is 2.73. The molecular weight excluding hydrogens is 388 g/mol. The lowest BCUT2D eigenvalue weighted by molar-refractivity contribution is 0.0349. The number of halogens is 1. The van der Waals surface area contributed by atoms with Crippen molar-refractivity contribution in [1.29, 1.82) is 0 Å².